The normalized spacial score (nSPS) is 12.0. The van der Waals surface area contributed by atoms with Crippen LogP contribution in [0.5, 0.6) is 0 Å². The van der Waals surface area contributed by atoms with Crippen LogP contribution in [0.3, 0.4) is 0 Å². The van der Waals surface area contributed by atoms with E-state index in [0.717, 1.165) is 0 Å². The minimum Gasteiger partial charge on any atom is -0.481 e. The average molecular weight is 428 g/mol. The van der Waals surface area contributed by atoms with E-state index in [1.165, 1.54) is 0 Å². The van der Waals surface area contributed by atoms with Crippen molar-refractivity contribution >= 4 is 23.9 Å². The molecule has 0 unspecified atom stereocenters. The fourth-order valence-corrected chi connectivity index (χ4v) is 2.07. The van der Waals surface area contributed by atoms with Gasteiger partial charge in [-0.2, -0.15) is 0 Å². The van der Waals surface area contributed by atoms with Gasteiger partial charge in [0.2, 0.25) is 0 Å². The molecular formula is C20H28O10. The van der Waals surface area contributed by atoms with Crippen molar-refractivity contribution in [3.63, 3.8) is 0 Å². The standard InChI is InChI=1S/C8H4O3.C6H10O4.C6H14O3/c9-7-5-3-1-2-4-6(5)8(10)11-7;7-5(8)3-1-2-4-6(9)10;1-2-6(3-7,4-8)5-9/h1-4H;1-4H2,(H,7,8)(H,9,10);7-9H,2-5H2,1H3. The number of hydrogen-bond donors (Lipinski definition) is 5. The third-order valence-corrected chi connectivity index (χ3v) is 4.34. The smallest absolute Gasteiger partial charge is 0.346 e. The summed E-state index contributed by atoms with van der Waals surface area (Å²) in [5.74, 6) is -2.84. The van der Waals surface area contributed by atoms with Crippen LogP contribution >= 0.6 is 0 Å². The Morgan fingerprint density at radius 2 is 1.20 bits per heavy atom. The van der Waals surface area contributed by atoms with Crippen LogP contribution in [-0.2, 0) is 14.3 Å². The van der Waals surface area contributed by atoms with E-state index in [1.807, 2.05) is 6.92 Å². The fourth-order valence-electron chi connectivity index (χ4n) is 2.07. The predicted molar refractivity (Wildman–Crippen MR) is 104 cm³/mol. The summed E-state index contributed by atoms with van der Waals surface area (Å²) >= 11 is 0. The first kappa shape index (κ1) is 27.2. The first-order valence-electron chi connectivity index (χ1n) is 9.28. The van der Waals surface area contributed by atoms with E-state index in [0.29, 0.717) is 30.4 Å². The molecule has 0 aromatic heterocycles. The molecule has 0 bridgehead atoms. The summed E-state index contributed by atoms with van der Waals surface area (Å²) < 4.78 is 4.35. The van der Waals surface area contributed by atoms with Gasteiger partial charge in [-0.15, -0.1) is 0 Å². The number of aliphatic hydroxyl groups is 3. The minimum atomic E-state index is -0.870. The molecule has 0 aliphatic carbocycles. The van der Waals surface area contributed by atoms with Crippen LogP contribution in [0.25, 0.3) is 0 Å². The zero-order valence-electron chi connectivity index (χ0n) is 16.7. The van der Waals surface area contributed by atoms with Gasteiger partial charge in [0.15, 0.2) is 0 Å². The number of unbranched alkanes of at least 4 members (excludes halogenated alkanes) is 1. The van der Waals surface area contributed by atoms with Crippen LogP contribution in [0.15, 0.2) is 24.3 Å². The largest absolute Gasteiger partial charge is 0.481 e. The van der Waals surface area contributed by atoms with Crippen molar-refractivity contribution in [3.8, 4) is 0 Å². The Balaban J connectivity index is 0.000000424. The number of aliphatic carboxylic acids is 2. The molecule has 2 rings (SSSR count). The lowest BCUT2D eigenvalue weighted by Gasteiger charge is -2.24. The molecule has 10 heteroatoms. The summed E-state index contributed by atoms with van der Waals surface area (Å²) in [5, 5.41) is 42.2. The molecule has 0 amide bonds. The van der Waals surface area contributed by atoms with Gasteiger partial charge in [-0.05, 0) is 31.4 Å². The van der Waals surface area contributed by atoms with Crippen molar-refractivity contribution in [2.24, 2.45) is 5.41 Å². The van der Waals surface area contributed by atoms with Crippen molar-refractivity contribution in [2.75, 3.05) is 19.8 Å². The maximum absolute atomic E-state index is 10.8. The van der Waals surface area contributed by atoms with Crippen LogP contribution in [0, 0.1) is 5.41 Å². The molecule has 0 atom stereocenters. The van der Waals surface area contributed by atoms with E-state index >= 15 is 0 Å². The number of hydrogen-bond acceptors (Lipinski definition) is 8. The number of carboxylic acids is 2. The van der Waals surface area contributed by atoms with Gasteiger partial charge in [0.25, 0.3) is 0 Å². The second-order valence-electron chi connectivity index (χ2n) is 6.55. The molecule has 0 saturated carbocycles. The number of carbonyl (C=O) groups is 4. The lowest BCUT2D eigenvalue weighted by atomic mass is 9.88. The van der Waals surface area contributed by atoms with Crippen LogP contribution in [0.2, 0.25) is 0 Å². The second kappa shape index (κ2) is 14.2. The highest BCUT2D eigenvalue weighted by molar-refractivity contribution is 6.14. The average Bonchev–Trinajstić information content (AvgIpc) is 3.02. The number of fused-ring (bicyclic) bond motifs is 1. The lowest BCUT2D eigenvalue weighted by molar-refractivity contribution is -0.139. The highest BCUT2D eigenvalue weighted by Crippen LogP contribution is 2.19. The minimum absolute atomic E-state index is 0.0628. The zero-order valence-corrected chi connectivity index (χ0v) is 16.7. The fraction of sp³-hybridized carbons (Fsp3) is 0.500. The first-order chi connectivity index (χ1) is 14.2. The third kappa shape index (κ3) is 9.59. The van der Waals surface area contributed by atoms with Crippen molar-refractivity contribution in [1.29, 1.82) is 0 Å². The van der Waals surface area contributed by atoms with E-state index < -0.39 is 29.3 Å². The molecular weight excluding hydrogens is 400 g/mol. The number of esters is 2. The Bertz CT molecular complexity index is 643. The summed E-state index contributed by atoms with van der Waals surface area (Å²) in [6, 6.07) is 6.53. The topological polar surface area (TPSA) is 179 Å². The number of carbonyl (C=O) groups excluding carboxylic acids is 2. The van der Waals surface area contributed by atoms with Gasteiger partial charge in [-0.3, -0.25) is 9.59 Å². The molecule has 10 nitrogen and oxygen atoms in total. The quantitative estimate of drug-likeness (QED) is 0.217. The zero-order chi connectivity index (χ0) is 23.2. The van der Waals surface area contributed by atoms with Crippen molar-refractivity contribution in [1.82, 2.24) is 0 Å². The molecule has 30 heavy (non-hydrogen) atoms. The molecule has 5 N–H and O–H groups in total. The summed E-state index contributed by atoms with van der Waals surface area (Å²) in [4.78, 5) is 41.5. The Morgan fingerprint density at radius 1 is 0.833 bits per heavy atom. The number of ether oxygens (including phenoxy) is 1. The summed E-state index contributed by atoms with van der Waals surface area (Å²) in [6.07, 6.45) is 1.61. The molecule has 0 spiro atoms. The van der Waals surface area contributed by atoms with Gasteiger partial charge in [-0.25, -0.2) is 9.59 Å². The number of aliphatic hydroxyl groups excluding tert-OH is 3. The molecule has 0 fully saturated rings. The van der Waals surface area contributed by atoms with Crippen LogP contribution < -0.4 is 0 Å². The second-order valence-corrected chi connectivity index (χ2v) is 6.55. The van der Waals surface area contributed by atoms with E-state index in [9.17, 15) is 19.2 Å². The Hall–Kier alpha value is -2.82. The van der Waals surface area contributed by atoms with Crippen molar-refractivity contribution < 1.29 is 49.4 Å². The van der Waals surface area contributed by atoms with E-state index in [1.54, 1.807) is 24.3 Å². The highest BCUT2D eigenvalue weighted by Gasteiger charge is 2.28. The maximum atomic E-state index is 10.8. The van der Waals surface area contributed by atoms with E-state index in [-0.39, 0.29) is 32.7 Å². The molecule has 1 aromatic carbocycles. The number of carboxylic acid groups (broad SMARTS) is 2. The van der Waals surface area contributed by atoms with E-state index in [2.05, 4.69) is 4.74 Å². The molecule has 168 valence electrons. The van der Waals surface area contributed by atoms with Gasteiger partial charge < -0.3 is 30.3 Å². The van der Waals surface area contributed by atoms with E-state index in [4.69, 9.17) is 25.5 Å². The Kier molecular flexibility index (Phi) is 12.9. The van der Waals surface area contributed by atoms with Crippen molar-refractivity contribution in [3.05, 3.63) is 35.4 Å². The SMILES string of the molecule is CCC(CO)(CO)CO.O=C(O)CCCCC(=O)O.O=C1OC(=O)c2ccccc21. The Labute approximate surface area is 173 Å². The Morgan fingerprint density at radius 3 is 1.43 bits per heavy atom. The molecule has 1 aliphatic heterocycles. The van der Waals surface area contributed by atoms with Crippen LogP contribution in [-0.4, -0.2) is 69.2 Å². The van der Waals surface area contributed by atoms with Crippen LogP contribution in [0.4, 0.5) is 0 Å². The highest BCUT2D eigenvalue weighted by atomic mass is 16.6. The first-order valence-corrected chi connectivity index (χ1v) is 9.28. The van der Waals surface area contributed by atoms with Gasteiger partial charge >= 0.3 is 23.9 Å². The molecule has 1 heterocycles. The third-order valence-electron chi connectivity index (χ3n) is 4.34. The van der Waals surface area contributed by atoms with Crippen molar-refractivity contribution in [2.45, 2.75) is 39.0 Å². The van der Waals surface area contributed by atoms with Crippen LogP contribution in [0.1, 0.15) is 59.7 Å². The maximum Gasteiger partial charge on any atom is 0.346 e. The van der Waals surface area contributed by atoms with Gasteiger partial charge in [0, 0.05) is 18.3 Å². The predicted octanol–water partition coefficient (Wildman–Crippen LogP) is 1.07. The summed E-state index contributed by atoms with van der Waals surface area (Å²) in [7, 11) is 0. The van der Waals surface area contributed by atoms with Gasteiger partial charge in [-0.1, -0.05) is 19.1 Å². The number of cyclic esters (lactones) is 2. The lowest BCUT2D eigenvalue weighted by Crippen LogP contribution is -2.32. The molecule has 1 aromatic rings. The summed E-state index contributed by atoms with van der Waals surface area (Å²) in [6.45, 7) is 1.35. The summed E-state index contributed by atoms with van der Waals surface area (Å²) in [5.41, 5.74) is 0.0509. The number of benzene rings is 1. The molecule has 0 saturated heterocycles. The monoisotopic (exact) mass is 428 g/mol. The molecule has 0 radical (unpaired) electrons. The molecule has 1 aliphatic rings. The number of rotatable bonds is 9. The van der Waals surface area contributed by atoms with Gasteiger partial charge in [0.1, 0.15) is 0 Å². The van der Waals surface area contributed by atoms with Gasteiger partial charge in [0.05, 0.1) is 30.9 Å².